The molecule has 0 aliphatic carbocycles. The SMILES string of the molecule is C/C(=N/OO)[N+](=O)[O-]. The highest BCUT2D eigenvalue weighted by atomic mass is 17.2. The molecule has 1 N–H and O–H groups in total. The summed E-state index contributed by atoms with van der Waals surface area (Å²) in [4.78, 5) is 11.9. The number of amidine groups is 1. The Morgan fingerprint density at radius 2 is 2.50 bits per heavy atom. The summed E-state index contributed by atoms with van der Waals surface area (Å²) in [5.41, 5.74) is 0. The molecule has 0 amide bonds. The summed E-state index contributed by atoms with van der Waals surface area (Å²) >= 11 is 0. The predicted molar refractivity (Wildman–Crippen MR) is 23.8 cm³/mol. The van der Waals surface area contributed by atoms with E-state index in [1.165, 1.54) is 0 Å². The van der Waals surface area contributed by atoms with Crippen LogP contribution in [0.5, 0.6) is 0 Å². The van der Waals surface area contributed by atoms with Gasteiger partial charge in [-0.25, -0.2) is 0 Å². The van der Waals surface area contributed by atoms with Gasteiger partial charge in [0.25, 0.3) is 0 Å². The minimum atomic E-state index is -0.782. The average molecular weight is 120 g/mol. The Morgan fingerprint density at radius 3 is 2.62 bits per heavy atom. The molecule has 0 unspecified atom stereocenters. The first kappa shape index (κ1) is 6.83. The van der Waals surface area contributed by atoms with Crippen molar-refractivity contribution in [3.8, 4) is 0 Å². The summed E-state index contributed by atoms with van der Waals surface area (Å²) in [6.45, 7) is 1.09. The first-order valence-corrected chi connectivity index (χ1v) is 1.68. The molecule has 0 fully saturated rings. The van der Waals surface area contributed by atoms with Crippen molar-refractivity contribution in [2.45, 2.75) is 6.92 Å². The van der Waals surface area contributed by atoms with Crippen molar-refractivity contribution in [3.05, 3.63) is 10.1 Å². The fourth-order valence-corrected chi connectivity index (χ4v) is 0.0924. The van der Waals surface area contributed by atoms with Crippen LogP contribution in [0.4, 0.5) is 0 Å². The lowest BCUT2D eigenvalue weighted by Gasteiger charge is -1.84. The molecule has 8 heavy (non-hydrogen) atoms. The van der Waals surface area contributed by atoms with Gasteiger partial charge < -0.3 is 10.1 Å². The van der Waals surface area contributed by atoms with Gasteiger partial charge in [-0.15, -0.1) is 4.99 Å². The Balaban J connectivity index is 3.80. The molecule has 0 aliphatic heterocycles. The molecule has 0 aromatic carbocycles. The third kappa shape index (κ3) is 2.08. The monoisotopic (exact) mass is 120 g/mol. The van der Waals surface area contributed by atoms with Crippen LogP contribution in [0.1, 0.15) is 6.92 Å². The molecule has 0 spiro atoms. The van der Waals surface area contributed by atoms with Crippen LogP contribution < -0.4 is 0 Å². The maximum absolute atomic E-state index is 9.57. The average Bonchev–Trinajstić information content (AvgIpc) is 1.67. The van der Waals surface area contributed by atoms with Gasteiger partial charge in [0.05, 0.1) is 6.92 Å². The molecule has 0 aliphatic rings. The van der Waals surface area contributed by atoms with Gasteiger partial charge in [-0.1, -0.05) is 0 Å². The standard InChI is InChI=1S/C2H4N2O4/c1-2(3-8-7)4(5)6/h7H,1H3/b3-2-. The van der Waals surface area contributed by atoms with Crippen molar-refractivity contribution in [2.75, 3.05) is 0 Å². The largest absolute Gasteiger partial charge is 0.385 e. The number of hydrogen-bond donors (Lipinski definition) is 1. The minimum absolute atomic E-state index is 0.493. The smallest absolute Gasteiger partial charge is 0.358 e. The van der Waals surface area contributed by atoms with Gasteiger partial charge in [0.15, 0.2) is 5.16 Å². The molecule has 0 bridgehead atoms. The van der Waals surface area contributed by atoms with E-state index >= 15 is 0 Å². The predicted octanol–water partition coefficient (Wildman–Crippen LogP) is 0.0861. The van der Waals surface area contributed by atoms with E-state index in [1.807, 2.05) is 0 Å². The molecular weight excluding hydrogens is 116 g/mol. The van der Waals surface area contributed by atoms with Crippen LogP contribution in [0.15, 0.2) is 5.16 Å². The van der Waals surface area contributed by atoms with Gasteiger partial charge in [-0.3, -0.25) is 0 Å². The van der Waals surface area contributed by atoms with Crippen LogP contribution >= 0.6 is 0 Å². The van der Waals surface area contributed by atoms with Crippen molar-refractivity contribution in [1.29, 1.82) is 0 Å². The van der Waals surface area contributed by atoms with Crippen LogP contribution in [0, 0.1) is 10.1 Å². The zero-order chi connectivity index (χ0) is 6.57. The molecule has 6 nitrogen and oxygen atoms in total. The van der Waals surface area contributed by atoms with Crippen molar-refractivity contribution >= 4 is 5.84 Å². The van der Waals surface area contributed by atoms with Crippen molar-refractivity contribution in [3.63, 3.8) is 0 Å². The lowest BCUT2D eigenvalue weighted by Crippen LogP contribution is -2.06. The van der Waals surface area contributed by atoms with Crippen LogP contribution in [-0.4, -0.2) is 16.0 Å². The molecule has 0 aromatic heterocycles. The second-order valence-corrected chi connectivity index (χ2v) is 0.977. The van der Waals surface area contributed by atoms with Crippen LogP contribution in [0.25, 0.3) is 0 Å². The van der Waals surface area contributed by atoms with E-state index in [1.54, 1.807) is 0 Å². The Hall–Kier alpha value is -1.17. The highest BCUT2D eigenvalue weighted by molar-refractivity contribution is 5.69. The molecule has 0 saturated carbocycles. The number of rotatable bonds is 1. The second kappa shape index (κ2) is 2.92. The molecule has 0 radical (unpaired) electrons. The number of oxime groups is 1. The summed E-state index contributed by atoms with van der Waals surface area (Å²) in [5.74, 6) is -0.493. The first-order chi connectivity index (χ1) is 3.68. The van der Waals surface area contributed by atoms with E-state index in [4.69, 9.17) is 5.26 Å². The maximum Gasteiger partial charge on any atom is 0.385 e. The quantitative estimate of drug-likeness (QED) is 0.174. The zero-order valence-electron chi connectivity index (χ0n) is 4.07. The summed E-state index contributed by atoms with van der Waals surface area (Å²) in [6.07, 6.45) is 0. The van der Waals surface area contributed by atoms with Crippen LogP contribution in [0.3, 0.4) is 0 Å². The zero-order valence-corrected chi connectivity index (χ0v) is 4.07. The normalized spacial score (nSPS) is 11.0. The molecule has 0 heterocycles. The molecule has 6 heteroatoms. The fourth-order valence-electron chi connectivity index (χ4n) is 0.0924. The summed E-state index contributed by atoms with van der Waals surface area (Å²) < 4.78 is 0. The number of nitro groups is 1. The molecular formula is C2H4N2O4. The van der Waals surface area contributed by atoms with E-state index in [2.05, 4.69) is 10.1 Å². The van der Waals surface area contributed by atoms with Gasteiger partial charge >= 0.3 is 5.84 Å². The Morgan fingerprint density at radius 1 is 2.00 bits per heavy atom. The second-order valence-electron chi connectivity index (χ2n) is 0.977. The fraction of sp³-hybridized carbons (Fsp3) is 0.500. The summed E-state index contributed by atoms with van der Waals surface area (Å²) in [5, 5.41) is 19.7. The van der Waals surface area contributed by atoms with E-state index in [0.717, 1.165) is 6.92 Å². The van der Waals surface area contributed by atoms with Crippen molar-refractivity contribution in [2.24, 2.45) is 5.16 Å². The minimum Gasteiger partial charge on any atom is -0.358 e. The highest BCUT2D eigenvalue weighted by Crippen LogP contribution is 1.76. The lowest BCUT2D eigenvalue weighted by molar-refractivity contribution is -0.360. The molecule has 0 aromatic rings. The number of hydrogen-bond acceptors (Lipinski definition) is 5. The first-order valence-electron chi connectivity index (χ1n) is 1.68. The maximum atomic E-state index is 9.57. The Labute approximate surface area is 44.4 Å². The van der Waals surface area contributed by atoms with Crippen molar-refractivity contribution in [1.82, 2.24) is 0 Å². The third-order valence-corrected chi connectivity index (χ3v) is 0.437. The topological polar surface area (TPSA) is 85.0 Å². The molecule has 0 saturated heterocycles. The van der Waals surface area contributed by atoms with Crippen LogP contribution in [0.2, 0.25) is 0 Å². The van der Waals surface area contributed by atoms with E-state index in [9.17, 15) is 10.1 Å². The molecule has 0 rings (SSSR count). The van der Waals surface area contributed by atoms with Gasteiger partial charge in [0, 0.05) is 0 Å². The third-order valence-electron chi connectivity index (χ3n) is 0.437. The summed E-state index contributed by atoms with van der Waals surface area (Å²) in [7, 11) is 0. The van der Waals surface area contributed by atoms with E-state index in [0.29, 0.717) is 0 Å². The number of nitrogens with zero attached hydrogens (tertiary/aromatic N) is 2. The van der Waals surface area contributed by atoms with E-state index in [-0.39, 0.29) is 0 Å². The van der Waals surface area contributed by atoms with Gasteiger partial charge in [0.2, 0.25) is 0 Å². The molecule has 46 valence electrons. The Bertz CT molecular complexity index is 119. The van der Waals surface area contributed by atoms with E-state index < -0.39 is 10.8 Å². The van der Waals surface area contributed by atoms with Crippen molar-refractivity contribution < 1.29 is 15.2 Å². The Kier molecular flexibility index (Phi) is 2.49. The summed E-state index contributed by atoms with van der Waals surface area (Å²) in [6, 6.07) is 0. The van der Waals surface area contributed by atoms with Gasteiger partial charge in [-0.2, -0.15) is 5.26 Å². The highest BCUT2D eigenvalue weighted by Gasteiger charge is 2.02. The van der Waals surface area contributed by atoms with Gasteiger partial charge in [-0.05, 0) is 4.92 Å². The molecule has 0 atom stereocenters. The van der Waals surface area contributed by atoms with Gasteiger partial charge in [0.1, 0.15) is 0 Å². The van der Waals surface area contributed by atoms with Crippen LogP contribution in [-0.2, 0) is 4.99 Å². The lowest BCUT2D eigenvalue weighted by atomic mass is 10.7.